The number of para-hydroxylation sites is 2. The maximum Gasteiger partial charge on any atom is 0.335 e. The fourth-order valence-electron chi connectivity index (χ4n) is 1.04. The Morgan fingerprint density at radius 2 is 1.89 bits per heavy atom. The molecule has 0 bridgehead atoms. The maximum absolute atomic E-state index is 10.5. The molecule has 0 aliphatic heterocycles. The third-order valence-electron chi connectivity index (χ3n) is 1.85. The van der Waals surface area contributed by atoms with Crippen molar-refractivity contribution in [2.24, 2.45) is 0 Å². The van der Waals surface area contributed by atoms with Crippen LogP contribution in [0.25, 0.3) is 11.0 Å². The number of aliphatic hydroxyl groups excluding tert-OH is 1. The normalized spacial score (nSPS) is 11.3. The van der Waals surface area contributed by atoms with Gasteiger partial charge in [0.25, 0.3) is 0 Å². The summed E-state index contributed by atoms with van der Waals surface area (Å²) in [7, 11) is 0. The molecule has 0 radical (unpaired) electrons. The summed E-state index contributed by atoms with van der Waals surface area (Å²) >= 11 is 0. The lowest BCUT2D eigenvalue weighted by atomic mass is 10.3. The van der Waals surface area contributed by atoms with E-state index < -0.39 is 12.3 Å². The van der Waals surface area contributed by atoms with Gasteiger partial charge in [0.1, 0.15) is 11.0 Å². The van der Waals surface area contributed by atoms with Gasteiger partial charge >= 0.3 is 5.97 Å². The number of hydrogen-bond acceptors (Lipinski definition) is 5. The average molecular weight is 249 g/mol. The van der Waals surface area contributed by atoms with E-state index in [0.29, 0.717) is 0 Å². The van der Waals surface area contributed by atoms with Crippen molar-refractivity contribution in [3.05, 3.63) is 36.4 Å². The number of ether oxygens (including phenoxy) is 1. The van der Waals surface area contributed by atoms with Crippen LogP contribution in [-0.4, -0.2) is 32.8 Å². The molecule has 1 atom stereocenters. The Bertz CT molecular complexity index is 504. The van der Waals surface area contributed by atoms with Gasteiger partial charge in [0.2, 0.25) is 0 Å². The van der Waals surface area contributed by atoms with Crippen LogP contribution in [0.15, 0.2) is 36.4 Å². The molecule has 0 saturated heterocycles. The lowest BCUT2D eigenvalue weighted by molar-refractivity contribution is -0.159. The van der Waals surface area contributed by atoms with E-state index in [1.54, 1.807) is 0 Å². The molecule has 1 unspecified atom stereocenters. The number of benzene rings is 1. The van der Waals surface area contributed by atoms with Crippen LogP contribution in [0.5, 0.6) is 0 Å². The predicted molar refractivity (Wildman–Crippen MR) is 66.5 cm³/mol. The molecule has 6 heteroatoms. The Hall–Kier alpha value is -2.21. The Morgan fingerprint density at radius 3 is 2.22 bits per heavy atom. The third kappa shape index (κ3) is 4.34. The smallest absolute Gasteiger partial charge is 0.335 e. The van der Waals surface area contributed by atoms with Crippen LogP contribution in [0, 0.1) is 0 Å². The lowest BCUT2D eigenvalue weighted by Gasteiger charge is -2.04. The van der Waals surface area contributed by atoms with E-state index in [9.17, 15) is 4.79 Å². The summed E-state index contributed by atoms with van der Waals surface area (Å²) in [6.07, 6.45) is -1.05. The van der Waals surface area contributed by atoms with E-state index in [4.69, 9.17) is 5.11 Å². The number of aromatic amines is 1. The Balaban J connectivity index is 0.000000180. The number of aliphatic hydroxyl groups is 1. The molecule has 2 rings (SSSR count). The minimum absolute atomic E-state index is 0.288. The van der Waals surface area contributed by atoms with Crippen molar-refractivity contribution in [1.82, 2.24) is 15.4 Å². The number of carbonyl (C=O) groups is 1. The Morgan fingerprint density at radius 1 is 1.39 bits per heavy atom. The molecule has 0 aliphatic carbocycles. The van der Waals surface area contributed by atoms with Gasteiger partial charge in [-0.3, -0.25) is 0 Å². The van der Waals surface area contributed by atoms with E-state index >= 15 is 0 Å². The first kappa shape index (κ1) is 13.9. The zero-order chi connectivity index (χ0) is 13.5. The van der Waals surface area contributed by atoms with E-state index in [1.165, 1.54) is 13.8 Å². The van der Waals surface area contributed by atoms with Gasteiger partial charge in [-0.2, -0.15) is 15.4 Å². The summed E-state index contributed by atoms with van der Waals surface area (Å²) < 4.78 is 4.33. The van der Waals surface area contributed by atoms with E-state index in [-0.39, 0.29) is 5.57 Å². The summed E-state index contributed by atoms with van der Waals surface area (Å²) in [5.74, 6) is -0.565. The van der Waals surface area contributed by atoms with Crippen molar-refractivity contribution in [3.63, 3.8) is 0 Å². The van der Waals surface area contributed by atoms with Gasteiger partial charge in [0.05, 0.1) is 0 Å². The molecule has 6 nitrogen and oxygen atoms in total. The van der Waals surface area contributed by atoms with Crippen molar-refractivity contribution in [2.75, 3.05) is 0 Å². The monoisotopic (exact) mass is 249 g/mol. The van der Waals surface area contributed by atoms with Crippen LogP contribution >= 0.6 is 0 Å². The van der Waals surface area contributed by atoms with Crippen molar-refractivity contribution in [2.45, 2.75) is 20.1 Å². The first-order chi connectivity index (χ1) is 8.50. The highest BCUT2D eigenvalue weighted by Gasteiger charge is 2.04. The number of aromatic nitrogens is 3. The summed E-state index contributed by atoms with van der Waals surface area (Å²) in [5, 5.41) is 18.8. The van der Waals surface area contributed by atoms with Crippen LogP contribution in [0.2, 0.25) is 0 Å². The number of fused-ring (bicyclic) bond motifs is 1. The average Bonchev–Trinajstić information content (AvgIpc) is 2.76. The molecule has 2 N–H and O–H groups in total. The number of hydrogen-bond donors (Lipinski definition) is 2. The topological polar surface area (TPSA) is 88.1 Å². The molecule has 1 heterocycles. The van der Waals surface area contributed by atoms with Crippen molar-refractivity contribution in [1.29, 1.82) is 0 Å². The molecule has 18 heavy (non-hydrogen) atoms. The Labute approximate surface area is 104 Å². The number of esters is 1. The van der Waals surface area contributed by atoms with Crippen LogP contribution < -0.4 is 0 Å². The molecule has 0 saturated carbocycles. The zero-order valence-electron chi connectivity index (χ0n) is 10.3. The fourth-order valence-corrected chi connectivity index (χ4v) is 1.04. The lowest BCUT2D eigenvalue weighted by Crippen LogP contribution is -2.13. The van der Waals surface area contributed by atoms with Gasteiger partial charge in [0.15, 0.2) is 6.29 Å². The molecule has 0 amide bonds. The highest BCUT2D eigenvalue weighted by Crippen LogP contribution is 2.03. The molecule has 96 valence electrons. The molecular formula is C12H15N3O3. The molecular weight excluding hydrogens is 234 g/mol. The molecule has 0 aliphatic rings. The minimum Gasteiger partial charge on any atom is -0.433 e. The van der Waals surface area contributed by atoms with Gasteiger partial charge in [0, 0.05) is 5.57 Å². The maximum atomic E-state index is 10.5. The minimum atomic E-state index is -1.05. The molecule has 2 aromatic rings. The Kier molecular flexibility index (Phi) is 5.01. The van der Waals surface area contributed by atoms with Crippen LogP contribution in [-0.2, 0) is 9.53 Å². The second-order valence-electron chi connectivity index (χ2n) is 3.60. The fraction of sp³-hybridized carbons (Fsp3) is 0.250. The van der Waals surface area contributed by atoms with Crippen molar-refractivity contribution in [3.8, 4) is 0 Å². The van der Waals surface area contributed by atoms with Gasteiger partial charge in [-0.25, -0.2) is 4.79 Å². The number of carbonyl (C=O) groups excluding carboxylic acids is 1. The van der Waals surface area contributed by atoms with Gasteiger partial charge in [-0.15, -0.1) is 0 Å². The number of nitrogens with zero attached hydrogens (tertiary/aromatic N) is 2. The van der Waals surface area contributed by atoms with Gasteiger partial charge in [-0.05, 0) is 26.0 Å². The summed E-state index contributed by atoms with van der Waals surface area (Å²) in [6, 6.07) is 7.70. The second-order valence-corrected chi connectivity index (χ2v) is 3.60. The van der Waals surface area contributed by atoms with Crippen molar-refractivity contribution < 1.29 is 14.6 Å². The predicted octanol–water partition coefficient (Wildman–Crippen LogP) is 1.40. The highest BCUT2D eigenvalue weighted by molar-refractivity contribution is 5.86. The number of rotatable bonds is 2. The van der Waals surface area contributed by atoms with Gasteiger partial charge in [-0.1, -0.05) is 18.7 Å². The van der Waals surface area contributed by atoms with E-state index in [1.807, 2.05) is 24.3 Å². The standard InChI is InChI=1S/C6H5N3.C6H10O3/c1-2-4-6-5(3-1)7-9-8-6;1-4(2)6(8)9-5(3)7/h1-4H,(H,7,8,9);5,7H,1H2,2-3H3. The van der Waals surface area contributed by atoms with Gasteiger partial charge < -0.3 is 9.84 Å². The second kappa shape index (κ2) is 6.51. The quantitative estimate of drug-likeness (QED) is 0.477. The van der Waals surface area contributed by atoms with Crippen LogP contribution in [0.4, 0.5) is 0 Å². The molecule has 1 aromatic heterocycles. The van der Waals surface area contributed by atoms with Crippen LogP contribution in [0.1, 0.15) is 13.8 Å². The first-order valence-corrected chi connectivity index (χ1v) is 5.30. The SMILES string of the molecule is C=C(C)C(=O)OC(C)O.c1ccc2n[nH]nc2c1. The number of nitrogens with one attached hydrogen (secondary N) is 1. The third-order valence-corrected chi connectivity index (χ3v) is 1.85. The van der Waals surface area contributed by atoms with Crippen LogP contribution in [0.3, 0.4) is 0 Å². The zero-order valence-corrected chi connectivity index (χ0v) is 10.3. The molecule has 0 fully saturated rings. The highest BCUT2D eigenvalue weighted by atomic mass is 16.6. The number of H-pyrrole nitrogens is 1. The van der Waals surface area contributed by atoms with E-state index in [0.717, 1.165) is 11.0 Å². The van der Waals surface area contributed by atoms with Crippen molar-refractivity contribution >= 4 is 17.0 Å². The summed E-state index contributed by atoms with van der Waals surface area (Å²) in [5.41, 5.74) is 2.12. The molecule has 0 spiro atoms. The first-order valence-electron chi connectivity index (χ1n) is 5.30. The largest absolute Gasteiger partial charge is 0.433 e. The summed E-state index contributed by atoms with van der Waals surface area (Å²) in [6.45, 7) is 6.20. The molecule has 1 aromatic carbocycles. The summed E-state index contributed by atoms with van der Waals surface area (Å²) in [4.78, 5) is 10.5. The van der Waals surface area contributed by atoms with E-state index in [2.05, 4.69) is 26.7 Å².